The number of para-hydroxylation sites is 1. The van der Waals surface area contributed by atoms with Crippen molar-refractivity contribution < 1.29 is 28.6 Å². The molecule has 170 valence electrons. The van der Waals surface area contributed by atoms with Gasteiger partial charge in [0, 0.05) is 17.3 Å². The summed E-state index contributed by atoms with van der Waals surface area (Å²) < 4.78 is 15.7. The second-order valence-corrected chi connectivity index (χ2v) is 6.81. The fourth-order valence-corrected chi connectivity index (χ4v) is 2.96. The predicted molar refractivity (Wildman–Crippen MR) is 123 cm³/mol. The van der Waals surface area contributed by atoms with Crippen LogP contribution in [0.4, 0.5) is 11.4 Å². The molecule has 0 saturated heterocycles. The van der Waals surface area contributed by atoms with Gasteiger partial charge in [0.05, 0.1) is 25.5 Å². The van der Waals surface area contributed by atoms with Crippen molar-refractivity contribution in [2.75, 3.05) is 31.5 Å². The molecule has 3 aromatic rings. The summed E-state index contributed by atoms with van der Waals surface area (Å²) in [6, 6.07) is 18.0. The molecular formula is C24H23N3O6. The van der Waals surface area contributed by atoms with Crippen LogP contribution in [-0.4, -0.2) is 38.5 Å². The Morgan fingerprint density at radius 2 is 1.61 bits per heavy atom. The number of amides is 3. The molecule has 9 heteroatoms. The Kier molecular flexibility index (Phi) is 7.48. The number of benzene rings is 3. The van der Waals surface area contributed by atoms with Gasteiger partial charge in [-0.3, -0.25) is 14.4 Å². The molecule has 0 aliphatic carbocycles. The molecule has 9 nitrogen and oxygen atoms in total. The van der Waals surface area contributed by atoms with Crippen molar-refractivity contribution in [3.05, 3.63) is 77.9 Å². The first-order chi connectivity index (χ1) is 15.9. The van der Waals surface area contributed by atoms with Gasteiger partial charge in [0.25, 0.3) is 17.7 Å². The van der Waals surface area contributed by atoms with Crippen LogP contribution in [0.1, 0.15) is 20.7 Å². The lowest BCUT2D eigenvalue weighted by Gasteiger charge is -2.13. The smallest absolute Gasteiger partial charge is 0.257 e. The van der Waals surface area contributed by atoms with Crippen molar-refractivity contribution in [1.82, 2.24) is 0 Å². The molecule has 0 heterocycles. The summed E-state index contributed by atoms with van der Waals surface area (Å²) in [7, 11) is 2.95. The standard InChI is InChI=1S/C24H23N3O6/c1-31-17-7-5-6-16(13-17)26-24(30)18-8-3-4-9-19(18)27-23(29)15-10-11-20(21(12-15)32-2)33-14-22(25)28/h3-13H,14H2,1-2H3,(H2,25,28)(H,26,30)(H,27,29). The van der Waals surface area contributed by atoms with Crippen LogP contribution < -0.4 is 30.6 Å². The van der Waals surface area contributed by atoms with E-state index in [2.05, 4.69) is 10.6 Å². The van der Waals surface area contributed by atoms with Crippen LogP contribution in [0.15, 0.2) is 66.7 Å². The number of hydrogen-bond acceptors (Lipinski definition) is 6. The van der Waals surface area contributed by atoms with Crippen LogP contribution in [-0.2, 0) is 4.79 Å². The van der Waals surface area contributed by atoms with E-state index in [9.17, 15) is 14.4 Å². The highest BCUT2D eigenvalue weighted by molar-refractivity contribution is 6.12. The van der Waals surface area contributed by atoms with Gasteiger partial charge in [-0.15, -0.1) is 0 Å². The van der Waals surface area contributed by atoms with E-state index in [-0.39, 0.29) is 29.2 Å². The van der Waals surface area contributed by atoms with Gasteiger partial charge in [0.1, 0.15) is 5.75 Å². The molecule has 4 N–H and O–H groups in total. The molecule has 3 aromatic carbocycles. The number of nitrogens with two attached hydrogens (primary N) is 1. The number of anilines is 2. The van der Waals surface area contributed by atoms with Gasteiger partial charge < -0.3 is 30.6 Å². The van der Waals surface area contributed by atoms with Gasteiger partial charge in [0.15, 0.2) is 18.1 Å². The lowest BCUT2D eigenvalue weighted by Crippen LogP contribution is -2.20. The van der Waals surface area contributed by atoms with Crippen molar-refractivity contribution >= 4 is 29.1 Å². The zero-order valence-electron chi connectivity index (χ0n) is 18.1. The van der Waals surface area contributed by atoms with Gasteiger partial charge in [0.2, 0.25) is 0 Å². The number of carbonyl (C=O) groups is 3. The molecule has 0 atom stereocenters. The Bertz CT molecular complexity index is 1180. The average Bonchev–Trinajstić information content (AvgIpc) is 2.82. The van der Waals surface area contributed by atoms with Crippen molar-refractivity contribution in [2.24, 2.45) is 5.73 Å². The predicted octanol–water partition coefficient (Wildman–Crippen LogP) is 3.07. The van der Waals surface area contributed by atoms with Crippen LogP contribution in [0.5, 0.6) is 17.2 Å². The maximum atomic E-state index is 12.8. The van der Waals surface area contributed by atoms with Crippen LogP contribution in [0.2, 0.25) is 0 Å². The molecule has 0 fully saturated rings. The third kappa shape index (κ3) is 6.01. The lowest BCUT2D eigenvalue weighted by molar-refractivity contribution is -0.119. The fraction of sp³-hybridized carbons (Fsp3) is 0.125. The second-order valence-electron chi connectivity index (χ2n) is 6.81. The largest absolute Gasteiger partial charge is 0.497 e. The first-order valence-electron chi connectivity index (χ1n) is 9.86. The molecule has 0 radical (unpaired) electrons. The quantitative estimate of drug-likeness (QED) is 0.460. The molecule has 0 bridgehead atoms. The Hall–Kier alpha value is -4.53. The van der Waals surface area contributed by atoms with Gasteiger partial charge >= 0.3 is 0 Å². The summed E-state index contributed by atoms with van der Waals surface area (Å²) in [5, 5.41) is 5.53. The van der Waals surface area contributed by atoms with Crippen LogP contribution in [0, 0.1) is 0 Å². The Labute approximate surface area is 190 Å². The highest BCUT2D eigenvalue weighted by atomic mass is 16.5. The summed E-state index contributed by atoms with van der Waals surface area (Å²) in [5.41, 5.74) is 6.52. The van der Waals surface area contributed by atoms with Gasteiger partial charge in [-0.1, -0.05) is 18.2 Å². The molecule has 0 spiro atoms. The van der Waals surface area contributed by atoms with Gasteiger partial charge in [-0.2, -0.15) is 0 Å². The van der Waals surface area contributed by atoms with Crippen molar-refractivity contribution in [2.45, 2.75) is 0 Å². The van der Waals surface area contributed by atoms with E-state index in [0.717, 1.165) is 0 Å². The van der Waals surface area contributed by atoms with E-state index in [4.69, 9.17) is 19.9 Å². The van der Waals surface area contributed by atoms with Crippen LogP contribution in [0.25, 0.3) is 0 Å². The molecule has 0 unspecified atom stereocenters. The SMILES string of the molecule is COc1cccc(NC(=O)c2ccccc2NC(=O)c2ccc(OCC(N)=O)c(OC)c2)c1. The minimum Gasteiger partial charge on any atom is -0.497 e. The van der Waals surface area contributed by atoms with E-state index < -0.39 is 17.7 Å². The number of rotatable bonds is 9. The monoisotopic (exact) mass is 449 g/mol. The van der Waals surface area contributed by atoms with E-state index in [0.29, 0.717) is 17.1 Å². The third-order valence-electron chi connectivity index (χ3n) is 4.54. The van der Waals surface area contributed by atoms with Crippen molar-refractivity contribution in [3.63, 3.8) is 0 Å². The summed E-state index contributed by atoms with van der Waals surface area (Å²) in [6.45, 7) is -0.322. The normalized spacial score (nSPS) is 10.1. The summed E-state index contributed by atoms with van der Waals surface area (Å²) in [5.74, 6) is -0.364. The van der Waals surface area contributed by atoms with E-state index in [1.165, 1.54) is 32.4 Å². The molecule has 0 aliphatic rings. The minimum atomic E-state index is -0.636. The molecule has 0 saturated carbocycles. The summed E-state index contributed by atoms with van der Waals surface area (Å²) >= 11 is 0. The number of nitrogens with one attached hydrogen (secondary N) is 2. The van der Waals surface area contributed by atoms with Gasteiger partial charge in [-0.25, -0.2) is 0 Å². The molecular weight excluding hydrogens is 426 g/mol. The Balaban J connectivity index is 1.78. The first-order valence-corrected chi connectivity index (χ1v) is 9.86. The van der Waals surface area contributed by atoms with Crippen molar-refractivity contribution in [3.8, 4) is 17.2 Å². The number of primary amides is 1. The molecule has 3 amide bonds. The number of methoxy groups -OCH3 is 2. The highest BCUT2D eigenvalue weighted by Crippen LogP contribution is 2.29. The van der Waals surface area contributed by atoms with Crippen LogP contribution in [0.3, 0.4) is 0 Å². The maximum absolute atomic E-state index is 12.8. The topological polar surface area (TPSA) is 129 Å². The number of carbonyl (C=O) groups excluding carboxylic acids is 3. The number of ether oxygens (including phenoxy) is 3. The van der Waals surface area contributed by atoms with E-state index >= 15 is 0 Å². The fourth-order valence-electron chi connectivity index (χ4n) is 2.96. The highest BCUT2D eigenvalue weighted by Gasteiger charge is 2.16. The molecule has 0 aromatic heterocycles. The lowest BCUT2D eigenvalue weighted by atomic mass is 10.1. The van der Waals surface area contributed by atoms with E-state index in [1.54, 1.807) is 48.5 Å². The van der Waals surface area contributed by atoms with E-state index in [1.807, 2.05) is 0 Å². The third-order valence-corrected chi connectivity index (χ3v) is 4.54. The molecule has 0 aliphatic heterocycles. The number of hydrogen-bond donors (Lipinski definition) is 3. The first kappa shape index (κ1) is 23.1. The minimum absolute atomic E-state index is 0.257. The second kappa shape index (κ2) is 10.7. The van der Waals surface area contributed by atoms with Crippen molar-refractivity contribution in [1.29, 1.82) is 0 Å². The zero-order chi connectivity index (χ0) is 23.8. The average molecular weight is 449 g/mol. The Morgan fingerprint density at radius 3 is 2.33 bits per heavy atom. The van der Waals surface area contributed by atoms with Crippen LogP contribution >= 0.6 is 0 Å². The Morgan fingerprint density at radius 1 is 0.818 bits per heavy atom. The molecule has 3 rings (SSSR count). The van der Waals surface area contributed by atoms with Gasteiger partial charge in [-0.05, 0) is 42.5 Å². The summed E-state index contributed by atoms with van der Waals surface area (Å²) in [6.07, 6.45) is 0. The maximum Gasteiger partial charge on any atom is 0.257 e. The summed E-state index contributed by atoms with van der Waals surface area (Å²) in [4.78, 5) is 36.6. The molecule has 33 heavy (non-hydrogen) atoms. The zero-order valence-corrected chi connectivity index (χ0v) is 18.1.